The Morgan fingerprint density at radius 2 is 1.85 bits per heavy atom. The standard InChI is InChI=1S/C22H20FN3O/c1-25-11-3-12-26-21(10-13-25)24-20-15-17(8-9-19(20)22(26)27)7-6-16-4-2-5-18(23)14-16/h2,4-5,8-9,14-15H,3,10-13H2,1H3. The van der Waals surface area contributed by atoms with Crippen molar-refractivity contribution in [2.75, 3.05) is 20.1 Å². The average Bonchev–Trinajstić information content (AvgIpc) is 2.65. The highest BCUT2D eigenvalue weighted by atomic mass is 19.1. The maximum absolute atomic E-state index is 13.3. The first-order valence-corrected chi connectivity index (χ1v) is 9.10. The highest BCUT2D eigenvalue weighted by Gasteiger charge is 2.14. The highest BCUT2D eigenvalue weighted by molar-refractivity contribution is 5.79. The van der Waals surface area contributed by atoms with Crippen molar-refractivity contribution in [1.82, 2.24) is 14.5 Å². The van der Waals surface area contributed by atoms with E-state index < -0.39 is 0 Å². The molecular formula is C22H20FN3O. The van der Waals surface area contributed by atoms with Crippen LogP contribution in [-0.2, 0) is 13.0 Å². The lowest BCUT2D eigenvalue weighted by Gasteiger charge is -2.22. The molecule has 0 aliphatic carbocycles. The molecule has 0 bridgehead atoms. The van der Waals surface area contributed by atoms with Crippen LogP contribution < -0.4 is 5.56 Å². The van der Waals surface area contributed by atoms with Gasteiger partial charge in [-0.05, 0) is 56.4 Å². The molecule has 4 nitrogen and oxygen atoms in total. The van der Waals surface area contributed by atoms with Crippen molar-refractivity contribution in [3.63, 3.8) is 0 Å². The van der Waals surface area contributed by atoms with Crippen LogP contribution in [0.4, 0.5) is 4.39 Å². The molecule has 0 radical (unpaired) electrons. The summed E-state index contributed by atoms with van der Waals surface area (Å²) in [4.78, 5) is 19.9. The quantitative estimate of drug-likeness (QED) is 0.578. The summed E-state index contributed by atoms with van der Waals surface area (Å²) in [5, 5.41) is 0.615. The van der Waals surface area contributed by atoms with Crippen molar-refractivity contribution >= 4 is 10.9 Å². The molecule has 1 aromatic heterocycles. The van der Waals surface area contributed by atoms with Gasteiger partial charge in [-0.1, -0.05) is 17.9 Å². The van der Waals surface area contributed by atoms with Gasteiger partial charge in [0.25, 0.3) is 5.56 Å². The maximum Gasteiger partial charge on any atom is 0.261 e. The van der Waals surface area contributed by atoms with Gasteiger partial charge in [-0.3, -0.25) is 9.36 Å². The van der Waals surface area contributed by atoms with E-state index in [9.17, 15) is 9.18 Å². The first kappa shape index (κ1) is 17.4. The number of rotatable bonds is 0. The molecule has 4 rings (SSSR count). The number of hydrogen-bond donors (Lipinski definition) is 0. The van der Waals surface area contributed by atoms with Crippen LogP contribution in [0.25, 0.3) is 10.9 Å². The second-order valence-electron chi connectivity index (χ2n) is 6.88. The molecule has 0 spiro atoms. The van der Waals surface area contributed by atoms with E-state index >= 15 is 0 Å². The predicted molar refractivity (Wildman–Crippen MR) is 104 cm³/mol. The van der Waals surface area contributed by atoms with Crippen molar-refractivity contribution in [2.24, 2.45) is 0 Å². The summed E-state index contributed by atoms with van der Waals surface area (Å²) >= 11 is 0. The van der Waals surface area contributed by atoms with Crippen LogP contribution in [-0.4, -0.2) is 34.6 Å². The summed E-state index contributed by atoms with van der Waals surface area (Å²) in [6, 6.07) is 11.6. The van der Waals surface area contributed by atoms with Gasteiger partial charge in [0.2, 0.25) is 0 Å². The maximum atomic E-state index is 13.3. The van der Waals surface area contributed by atoms with E-state index in [1.165, 1.54) is 12.1 Å². The smallest absolute Gasteiger partial charge is 0.261 e. The van der Waals surface area contributed by atoms with Gasteiger partial charge >= 0.3 is 0 Å². The van der Waals surface area contributed by atoms with Crippen molar-refractivity contribution in [3.8, 4) is 11.8 Å². The van der Waals surface area contributed by atoms with Gasteiger partial charge in [-0.15, -0.1) is 0 Å². The fraction of sp³-hybridized carbons (Fsp3) is 0.273. The molecule has 0 saturated carbocycles. The van der Waals surface area contributed by atoms with Crippen LogP contribution in [0.3, 0.4) is 0 Å². The molecule has 27 heavy (non-hydrogen) atoms. The SMILES string of the molecule is CN1CCCn2c(nc3cc(C#Cc4cccc(F)c4)ccc3c2=O)CC1. The molecule has 0 saturated heterocycles. The Hall–Kier alpha value is -2.97. The van der Waals surface area contributed by atoms with E-state index in [2.05, 4.69) is 23.8 Å². The number of halogens is 1. The zero-order chi connectivity index (χ0) is 18.8. The molecular weight excluding hydrogens is 341 g/mol. The molecule has 0 atom stereocenters. The second-order valence-corrected chi connectivity index (χ2v) is 6.88. The average molecular weight is 361 g/mol. The molecule has 3 aromatic rings. The normalized spacial score (nSPS) is 14.7. The molecule has 5 heteroatoms. The molecule has 0 unspecified atom stereocenters. The lowest BCUT2D eigenvalue weighted by atomic mass is 10.1. The van der Waals surface area contributed by atoms with Crippen LogP contribution in [0.5, 0.6) is 0 Å². The highest BCUT2D eigenvalue weighted by Crippen LogP contribution is 2.14. The molecule has 1 aliphatic heterocycles. The van der Waals surface area contributed by atoms with Crippen molar-refractivity contribution in [2.45, 2.75) is 19.4 Å². The summed E-state index contributed by atoms with van der Waals surface area (Å²) in [5.74, 6) is 6.52. The Bertz CT molecular complexity index is 1120. The molecule has 2 heterocycles. The van der Waals surface area contributed by atoms with Crippen LogP contribution in [0.2, 0.25) is 0 Å². The third-order valence-electron chi connectivity index (χ3n) is 4.85. The van der Waals surface area contributed by atoms with Gasteiger partial charge in [0, 0.05) is 30.6 Å². The monoisotopic (exact) mass is 361 g/mol. The van der Waals surface area contributed by atoms with Crippen LogP contribution in [0.15, 0.2) is 47.3 Å². The van der Waals surface area contributed by atoms with Gasteiger partial charge < -0.3 is 4.90 Å². The molecule has 0 amide bonds. The fourth-order valence-corrected chi connectivity index (χ4v) is 3.38. The number of benzene rings is 2. The minimum atomic E-state index is -0.307. The Kier molecular flexibility index (Phi) is 4.74. The first-order chi connectivity index (χ1) is 13.1. The molecule has 0 N–H and O–H groups in total. The van der Waals surface area contributed by atoms with Crippen molar-refractivity contribution in [1.29, 1.82) is 0 Å². The zero-order valence-corrected chi connectivity index (χ0v) is 15.2. The lowest BCUT2D eigenvalue weighted by Crippen LogP contribution is -2.33. The van der Waals surface area contributed by atoms with Gasteiger partial charge in [-0.25, -0.2) is 9.37 Å². The first-order valence-electron chi connectivity index (χ1n) is 9.10. The molecule has 1 aliphatic rings. The number of fused-ring (bicyclic) bond motifs is 2. The summed E-state index contributed by atoms with van der Waals surface area (Å²) in [7, 11) is 2.09. The van der Waals surface area contributed by atoms with E-state index in [1.54, 1.807) is 18.2 Å². The van der Waals surface area contributed by atoms with E-state index in [1.807, 2.05) is 16.7 Å². The van der Waals surface area contributed by atoms with Crippen LogP contribution in [0, 0.1) is 17.7 Å². The third-order valence-corrected chi connectivity index (χ3v) is 4.85. The minimum absolute atomic E-state index is 0.0178. The van der Waals surface area contributed by atoms with Gasteiger partial charge in [0.05, 0.1) is 10.9 Å². The molecule has 0 fully saturated rings. The Labute approximate surface area is 157 Å². The Balaban J connectivity index is 1.74. The summed E-state index contributed by atoms with van der Waals surface area (Å²) < 4.78 is 15.1. The summed E-state index contributed by atoms with van der Waals surface area (Å²) in [6.45, 7) is 2.57. The molecule has 136 valence electrons. The number of nitrogens with zero attached hydrogens (tertiary/aromatic N) is 3. The van der Waals surface area contributed by atoms with Gasteiger partial charge in [-0.2, -0.15) is 0 Å². The number of likely N-dealkylation sites (N-methyl/N-ethyl adjacent to an activating group) is 1. The largest absolute Gasteiger partial charge is 0.306 e. The van der Waals surface area contributed by atoms with Crippen molar-refractivity contribution in [3.05, 3.63) is 75.6 Å². The second kappa shape index (κ2) is 7.34. The fourth-order valence-electron chi connectivity index (χ4n) is 3.38. The Morgan fingerprint density at radius 1 is 1.04 bits per heavy atom. The third kappa shape index (κ3) is 3.76. The number of hydrogen-bond acceptors (Lipinski definition) is 3. The van der Waals surface area contributed by atoms with Crippen LogP contribution in [0.1, 0.15) is 23.4 Å². The predicted octanol–water partition coefficient (Wildman–Crippen LogP) is 2.81. The van der Waals surface area contributed by atoms with Gasteiger partial charge in [0.15, 0.2) is 0 Å². The van der Waals surface area contributed by atoms with Crippen molar-refractivity contribution < 1.29 is 4.39 Å². The summed E-state index contributed by atoms with van der Waals surface area (Å²) in [6.07, 6.45) is 1.69. The zero-order valence-electron chi connectivity index (χ0n) is 15.2. The van der Waals surface area contributed by atoms with E-state index in [0.29, 0.717) is 23.0 Å². The van der Waals surface area contributed by atoms with E-state index in [-0.39, 0.29) is 11.4 Å². The van der Waals surface area contributed by atoms with E-state index in [4.69, 9.17) is 4.98 Å². The number of aromatic nitrogens is 2. The van der Waals surface area contributed by atoms with Gasteiger partial charge in [0.1, 0.15) is 11.6 Å². The summed E-state index contributed by atoms with van der Waals surface area (Å²) in [5.41, 5.74) is 2.06. The van der Waals surface area contributed by atoms with Crippen LogP contribution >= 0.6 is 0 Å². The van der Waals surface area contributed by atoms with E-state index in [0.717, 1.165) is 37.3 Å². The topological polar surface area (TPSA) is 38.1 Å². The lowest BCUT2D eigenvalue weighted by molar-refractivity contribution is 0.304. The minimum Gasteiger partial charge on any atom is -0.306 e. The Morgan fingerprint density at radius 3 is 2.67 bits per heavy atom. The molecule has 2 aromatic carbocycles.